The zero-order chi connectivity index (χ0) is 9.68. The summed E-state index contributed by atoms with van der Waals surface area (Å²) in [5, 5.41) is 0. The van der Waals surface area contributed by atoms with Gasteiger partial charge in [-0.1, -0.05) is 0 Å². The van der Waals surface area contributed by atoms with Gasteiger partial charge >= 0.3 is 0 Å². The summed E-state index contributed by atoms with van der Waals surface area (Å²) in [4.78, 5) is 6.42. The molecule has 2 N–H and O–H groups in total. The summed E-state index contributed by atoms with van der Waals surface area (Å²) >= 11 is 0. The van der Waals surface area contributed by atoms with E-state index in [-0.39, 0.29) is 0 Å². The Morgan fingerprint density at radius 2 is 2.38 bits per heavy atom. The first-order valence-electron chi connectivity index (χ1n) is 4.72. The lowest BCUT2D eigenvalue weighted by molar-refractivity contribution is 0.707. The highest BCUT2D eigenvalue weighted by Gasteiger charge is 2.05. The van der Waals surface area contributed by atoms with Crippen LogP contribution in [0.4, 0.5) is 5.95 Å². The van der Waals surface area contributed by atoms with Crippen LogP contribution in [0.25, 0.3) is 0 Å². The highest BCUT2D eigenvalue weighted by atomic mass is 15.3. The molecule has 74 valence electrons. The van der Waals surface area contributed by atoms with Gasteiger partial charge in [0.1, 0.15) is 0 Å². The minimum atomic E-state index is 0.733. The minimum Gasteiger partial charge on any atom is -0.345 e. The van der Waals surface area contributed by atoms with Crippen molar-refractivity contribution in [2.75, 3.05) is 25.0 Å². The van der Waals surface area contributed by atoms with Crippen LogP contribution in [0.1, 0.15) is 13.3 Å². The molecular formula is C9H18N4. The predicted octanol–water partition coefficient (Wildman–Crippen LogP) is 0.688. The Hall–Kier alpha value is -1.03. The van der Waals surface area contributed by atoms with Crippen molar-refractivity contribution in [1.29, 1.82) is 0 Å². The number of nitrogens with zero attached hydrogens (tertiary/aromatic N) is 3. The summed E-state index contributed by atoms with van der Waals surface area (Å²) in [5.74, 6) is 1.02. The molecule has 0 aromatic carbocycles. The number of aryl methyl sites for hydroxylation is 1. The number of nitrogens with two attached hydrogens (primary N) is 1. The van der Waals surface area contributed by atoms with Gasteiger partial charge in [-0.05, 0) is 19.9 Å². The van der Waals surface area contributed by atoms with Crippen LogP contribution in [0.15, 0.2) is 12.4 Å². The SMILES string of the molecule is CCn1ccnc1N(C)CCCN. The van der Waals surface area contributed by atoms with Crippen LogP contribution in [-0.4, -0.2) is 29.7 Å². The lowest BCUT2D eigenvalue weighted by Crippen LogP contribution is -2.24. The van der Waals surface area contributed by atoms with Crippen LogP contribution >= 0.6 is 0 Å². The van der Waals surface area contributed by atoms with Crippen molar-refractivity contribution in [2.24, 2.45) is 5.73 Å². The molecule has 0 aliphatic carbocycles. The average molecular weight is 182 g/mol. The van der Waals surface area contributed by atoms with Crippen LogP contribution in [0.2, 0.25) is 0 Å². The molecule has 0 aliphatic rings. The van der Waals surface area contributed by atoms with Crippen LogP contribution in [0.5, 0.6) is 0 Å². The molecule has 0 amide bonds. The van der Waals surface area contributed by atoms with E-state index in [1.807, 2.05) is 19.4 Å². The van der Waals surface area contributed by atoms with Crippen molar-refractivity contribution in [3.63, 3.8) is 0 Å². The first-order chi connectivity index (χ1) is 6.29. The van der Waals surface area contributed by atoms with E-state index in [1.165, 1.54) is 0 Å². The molecule has 0 saturated carbocycles. The number of rotatable bonds is 5. The molecule has 0 bridgehead atoms. The monoisotopic (exact) mass is 182 g/mol. The third-order valence-corrected chi connectivity index (χ3v) is 2.07. The average Bonchev–Trinajstić information content (AvgIpc) is 2.61. The molecular weight excluding hydrogens is 164 g/mol. The molecule has 0 unspecified atom stereocenters. The van der Waals surface area contributed by atoms with E-state index < -0.39 is 0 Å². The van der Waals surface area contributed by atoms with E-state index in [0.29, 0.717) is 0 Å². The Morgan fingerprint density at radius 3 is 3.00 bits per heavy atom. The summed E-state index contributed by atoms with van der Waals surface area (Å²) in [6.45, 7) is 4.77. The van der Waals surface area contributed by atoms with Crippen LogP contribution in [0, 0.1) is 0 Å². The lowest BCUT2D eigenvalue weighted by atomic mass is 10.4. The van der Waals surface area contributed by atoms with Crippen molar-refractivity contribution in [3.05, 3.63) is 12.4 Å². The van der Waals surface area contributed by atoms with Gasteiger partial charge < -0.3 is 15.2 Å². The van der Waals surface area contributed by atoms with Crippen molar-refractivity contribution in [3.8, 4) is 0 Å². The van der Waals surface area contributed by atoms with Gasteiger partial charge in [0, 0.05) is 32.5 Å². The molecule has 4 heteroatoms. The van der Waals surface area contributed by atoms with Gasteiger partial charge in [0.25, 0.3) is 0 Å². The maximum absolute atomic E-state index is 5.45. The summed E-state index contributed by atoms with van der Waals surface area (Å²) in [5.41, 5.74) is 5.45. The third kappa shape index (κ3) is 2.45. The minimum absolute atomic E-state index is 0.733. The fourth-order valence-corrected chi connectivity index (χ4v) is 1.31. The molecule has 0 radical (unpaired) electrons. The van der Waals surface area contributed by atoms with Gasteiger partial charge in [-0.3, -0.25) is 0 Å². The molecule has 1 aromatic rings. The smallest absolute Gasteiger partial charge is 0.205 e. The molecule has 1 rings (SSSR count). The second kappa shape index (κ2) is 4.87. The fourth-order valence-electron chi connectivity index (χ4n) is 1.31. The number of anilines is 1. The number of aromatic nitrogens is 2. The topological polar surface area (TPSA) is 47.1 Å². The highest BCUT2D eigenvalue weighted by molar-refractivity contribution is 5.29. The molecule has 1 heterocycles. The van der Waals surface area contributed by atoms with Gasteiger partial charge in [-0.2, -0.15) is 0 Å². The van der Waals surface area contributed by atoms with Crippen molar-refractivity contribution in [1.82, 2.24) is 9.55 Å². The maximum Gasteiger partial charge on any atom is 0.205 e. The Labute approximate surface area is 79.4 Å². The molecule has 0 atom stereocenters. The van der Waals surface area contributed by atoms with Crippen molar-refractivity contribution in [2.45, 2.75) is 19.9 Å². The van der Waals surface area contributed by atoms with Crippen LogP contribution in [0.3, 0.4) is 0 Å². The summed E-state index contributed by atoms with van der Waals surface area (Å²) in [7, 11) is 2.05. The summed E-state index contributed by atoms with van der Waals surface area (Å²) < 4.78 is 2.12. The van der Waals surface area contributed by atoms with E-state index in [9.17, 15) is 0 Å². The Morgan fingerprint density at radius 1 is 1.62 bits per heavy atom. The Balaban J connectivity index is 2.59. The van der Waals surface area contributed by atoms with E-state index in [2.05, 4.69) is 21.4 Å². The third-order valence-electron chi connectivity index (χ3n) is 2.07. The van der Waals surface area contributed by atoms with Gasteiger partial charge in [0.2, 0.25) is 5.95 Å². The molecule has 4 nitrogen and oxygen atoms in total. The zero-order valence-corrected chi connectivity index (χ0v) is 8.40. The zero-order valence-electron chi connectivity index (χ0n) is 8.40. The van der Waals surface area contributed by atoms with Crippen molar-refractivity contribution >= 4 is 5.95 Å². The number of hydrogen-bond acceptors (Lipinski definition) is 3. The fraction of sp³-hybridized carbons (Fsp3) is 0.667. The van der Waals surface area contributed by atoms with Gasteiger partial charge in [-0.15, -0.1) is 0 Å². The number of imidazole rings is 1. The van der Waals surface area contributed by atoms with E-state index in [1.54, 1.807) is 0 Å². The van der Waals surface area contributed by atoms with Crippen LogP contribution in [-0.2, 0) is 6.54 Å². The van der Waals surface area contributed by atoms with Gasteiger partial charge in [-0.25, -0.2) is 4.98 Å². The van der Waals surface area contributed by atoms with E-state index in [4.69, 9.17) is 5.73 Å². The second-order valence-electron chi connectivity index (χ2n) is 3.08. The molecule has 0 spiro atoms. The van der Waals surface area contributed by atoms with E-state index in [0.717, 1.165) is 32.0 Å². The summed E-state index contributed by atoms with van der Waals surface area (Å²) in [6.07, 6.45) is 4.83. The molecule has 1 aromatic heterocycles. The first-order valence-corrected chi connectivity index (χ1v) is 4.72. The van der Waals surface area contributed by atoms with Crippen molar-refractivity contribution < 1.29 is 0 Å². The quantitative estimate of drug-likeness (QED) is 0.728. The normalized spacial score (nSPS) is 10.4. The predicted molar refractivity (Wildman–Crippen MR) is 54.8 cm³/mol. The standard InChI is InChI=1S/C9H18N4/c1-3-13-8-6-11-9(13)12(2)7-4-5-10/h6,8H,3-5,7,10H2,1-2H3. The molecule has 0 saturated heterocycles. The summed E-state index contributed by atoms with van der Waals surface area (Å²) in [6, 6.07) is 0. The highest BCUT2D eigenvalue weighted by Crippen LogP contribution is 2.09. The van der Waals surface area contributed by atoms with Gasteiger partial charge in [0.05, 0.1) is 0 Å². The first kappa shape index (κ1) is 10.1. The Kier molecular flexibility index (Phi) is 3.76. The van der Waals surface area contributed by atoms with Gasteiger partial charge in [0.15, 0.2) is 0 Å². The van der Waals surface area contributed by atoms with Crippen LogP contribution < -0.4 is 10.6 Å². The molecule has 0 fully saturated rings. The van der Waals surface area contributed by atoms with E-state index >= 15 is 0 Å². The number of hydrogen-bond donors (Lipinski definition) is 1. The lowest BCUT2D eigenvalue weighted by Gasteiger charge is -2.18. The second-order valence-corrected chi connectivity index (χ2v) is 3.08. The largest absolute Gasteiger partial charge is 0.345 e. The maximum atomic E-state index is 5.45. The Bertz CT molecular complexity index is 244. The molecule has 0 aliphatic heterocycles. The molecule has 13 heavy (non-hydrogen) atoms.